The number of aryl methyl sites for hydroxylation is 1. The van der Waals surface area contributed by atoms with E-state index in [-0.39, 0.29) is 11.2 Å². The van der Waals surface area contributed by atoms with Gasteiger partial charge in [-0.2, -0.15) is 0 Å². The van der Waals surface area contributed by atoms with Crippen LogP contribution in [0.1, 0.15) is 30.4 Å². The van der Waals surface area contributed by atoms with Crippen molar-refractivity contribution in [1.82, 2.24) is 0 Å². The molecule has 2 N–H and O–H groups in total. The highest BCUT2D eigenvalue weighted by Gasteiger charge is 2.42. The molecule has 92 valence electrons. The van der Waals surface area contributed by atoms with Gasteiger partial charge in [-0.15, -0.1) is 0 Å². The van der Waals surface area contributed by atoms with Crippen molar-refractivity contribution in [2.75, 3.05) is 12.3 Å². The van der Waals surface area contributed by atoms with Crippen LogP contribution >= 0.6 is 0 Å². The molecule has 1 aromatic carbocycles. The summed E-state index contributed by atoms with van der Waals surface area (Å²) in [5.41, 5.74) is 7.80. The largest absolute Gasteiger partial charge is 0.330 e. The summed E-state index contributed by atoms with van der Waals surface area (Å²) >= 11 is 0. The normalized spacial score (nSPS) is 24.1. The van der Waals surface area contributed by atoms with Gasteiger partial charge in [-0.3, -0.25) is 0 Å². The summed E-state index contributed by atoms with van der Waals surface area (Å²) in [5, 5.41) is 0. The molecule has 0 atom stereocenters. The molecular weight excluding hydrogens is 234 g/mol. The highest BCUT2D eigenvalue weighted by Crippen LogP contribution is 2.47. The van der Waals surface area contributed by atoms with E-state index in [9.17, 15) is 8.42 Å². The van der Waals surface area contributed by atoms with Crippen LogP contribution in [0.15, 0.2) is 23.1 Å². The van der Waals surface area contributed by atoms with Crippen LogP contribution in [0.5, 0.6) is 0 Å². The van der Waals surface area contributed by atoms with Crippen LogP contribution in [0.3, 0.4) is 0 Å². The maximum atomic E-state index is 12.1. The predicted molar refractivity (Wildman–Crippen MR) is 66.8 cm³/mol. The van der Waals surface area contributed by atoms with Gasteiger partial charge in [0.2, 0.25) is 0 Å². The van der Waals surface area contributed by atoms with E-state index in [1.165, 1.54) is 0 Å². The van der Waals surface area contributed by atoms with E-state index in [0.29, 0.717) is 17.9 Å². The molecule has 1 heterocycles. The molecule has 0 amide bonds. The van der Waals surface area contributed by atoms with E-state index < -0.39 is 9.84 Å². The van der Waals surface area contributed by atoms with Crippen LogP contribution in [-0.4, -0.2) is 20.7 Å². The lowest BCUT2D eigenvalue weighted by molar-refractivity contribution is 0.248. The first-order valence-electron chi connectivity index (χ1n) is 6.14. The van der Waals surface area contributed by atoms with Crippen LogP contribution in [0, 0.1) is 0 Å². The minimum absolute atomic E-state index is 0.0667. The third-order valence-electron chi connectivity index (χ3n) is 4.32. The van der Waals surface area contributed by atoms with Gasteiger partial charge in [-0.25, -0.2) is 8.42 Å². The van der Waals surface area contributed by atoms with E-state index in [4.69, 9.17) is 5.73 Å². The molecule has 1 aliphatic heterocycles. The summed E-state index contributed by atoms with van der Waals surface area (Å²) < 4.78 is 24.3. The molecule has 3 nitrogen and oxygen atoms in total. The molecule has 0 aromatic heterocycles. The second-order valence-electron chi connectivity index (χ2n) is 5.20. The second-order valence-corrected chi connectivity index (χ2v) is 7.25. The molecule has 1 saturated carbocycles. The molecule has 1 aliphatic carbocycles. The number of rotatable bonds is 2. The van der Waals surface area contributed by atoms with Crippen molar-refractivity contribution in [1.29, 1.82) is 0 Å². The van der Waals surface area contributed by atoms with Gasteiger partial charge in [0.1, 0.15) is 0 Å². The maximum Gasteiger partial charge on any atom is 0.179 e. The minimum atomic E-state index is -3.06. The number of nitrogens with two attached hydrogens (primary N) is 1. The Kier molecular flexibility index (Phi) is 2.35. The Labute approximate surface area is 102 Å². The van der Waals surface area contributed by atoms with Crippen molar-refractivity contribution in [3.05, 3.63) is 29.3 Å². The zero-order valence-electron chi connectivity index (χ0n) is 9.78. The highest BCUT2D eigenvalue weighted by atomic mass is 32.2. The van der Waals surface area contributed by atoms with Crippen molar-refractivity contribution in [2.24, 2.45) is 5.73 Å². The maximum absolute atomic E-state index is 12.1. The molecule has 0 unspecified atom stereocenters. The Morgan fingerprint density at radius 2 is 2.06 bits per heavy atom. The van der Waals surface area contributed by atoms with E-state index in [0.717, 1.165) is 30.4 Å². The third-order valence-corrected chi connectivity index (χ3v) is 6.17. The molecule has 17 heavy (non-hydrogen) atoms. The fourth-order valence-electron chi connectivity index (χ4n) is 3.10. The number of hydrogen-bond donors (Lipinski definition) is 1. The van der Waals surface area contributed by atoms with E-state index >= 15 is 0 Å². The van der Waals surface area contributed by atoms with Gasteiger partial charge < -0.3 is 5.73 Å². The molecule has 0 spiro atoms. The number of sulfone groups is 1. The van der Waals surface area contributed by atoms with E-state index in [1.807, 2.05) is 18.2 Å². The van der Waals surface area contributed by atoms with Crippen LogP contribution in [0.2, 0.25) is 0 Å². The third kappa shape index (κ3) is 1.47. The molecule has 3 rings (SSSR count). The Hall–Kier alpha value is -0.870. The quantitative estimate of drug-likeness (QED) is 0.864. The molecule has 0 radical (unpaired) electrons. The Balaban J connectivity index is 2.23. The lowest BCUT2D eigenvalue weighted by atomic mass is 9.64. The van der Waals surface area contributed by atoms with Gasteiger partial charge in [0.15, 0.2) is 9.84 Å². The summed E-state index contributed by atoms with van der Waals surface area (Å²) in [4.78, 5) is 0.602. The van der Waals surface area contributed by atoms with Gasteiger partial charge in [0.05, 0.1) is 10.6 Å². The SMILES string of the molecule is NCC1(c2cccc3c2S(=O)(=O)CC3)CCC1. The Morgan fingerprint density at radius 1 is 1.29 bits per heavy atom. The zero-order valence-corrected chi connectivity index (χ0v) is 10.6. The summed E-state index contributed by atoms with van der Waals surface area (Å²) in [5.74, 6) is 0.264. The number of benzene rings is 1. The van der Waals surface area contributed by atoms with Crippen LogP contribution in [0.25, 0.3) is 0 Å². The number of fused-ring (bicyclic) bond motifs is 1. The first-order valence-corrected chi connectivity index (χ1v) is 7.79. The van der Waals surface area contributed by atoms with Gasteiger partial charge in [0, 0.05) is 12.0 Å². The van der Waals surface area contributed by atoms with Crippen molar-refractivity contribution in [3.8, 4) is 0 Å². The van der Waals surface area contributed by atoms with Crippen LogP contribution in [-0.2, 0) is 21.7 Å². The van der Waals surface area contributed by atoms with E-state index in [2.05, 4.69) is 0 Å². The summed E-state index contributed by atoms with van der Waals surface area (Å²) in [6.45, 7) is 0.555. The molecule has 0 saturated heterocycles. The predicted octanol–water partition coefficient (Wildman–Crippen LogP) is 1.40. The van der Waals surface area contributed by atoms with Crippen LogP contribution in [0.4, 0.5) is 0 Å². The smallest absolute Gasteiger partial charge is 0.179 e. The second kappa shape index (κ2) is 3.56. The van der Waals surface area contributed by atoms with Crippen molar-refractivity contribution < 1.29 is 8.42 Å². The topological polar surface area (TPSA) is 60.2 Å². The van der Waals surface area contributed by atoms with Gasteiger partial charge in [0.25, 0.3) is 0 Å². The van der Waals surface area contributed by atoms with Crippen molar-refractivity contribution >= 4 is 9.84 Å². The average Bonchev–Trinajstić information content (AvgIpc) is 2.55. The van der Waals surface area contributed by atoms with Crippen molar-refractivity contribution in [2.45, 2.75) is 36.0 Å². The van der Waals surface area contributed by atoms with Gasteiger partial charge in [-0.1, -0.05) is 24.6 Å². The first kappa shape index (κ1) is 11.2. The fraction of sp³-hybridized carbons (Fsp3) is 0.538. The van der Waals surface area contributed by atoms with Gasteiger partial charge in [-0.05, 0) is 30.4 Å². The van der Waals surface area contributed by atoms with E-state index in [1.54, 1.807) is 0 Å². The summed E-state index contributed by atoms with van der Waals surface area (Å²) in [7, 11) is -3.06. The monoisotopic (exact) mass is 251 g/mol. The lowest BCUT2D eigenvalue weighted by Gasteiger charge is -2.42. The first-order chi connectivity index (χ1) is 8.09. The molecule has 2 aliphatic rings. The zero-order chi connectivity index (χ0) is 12.1. The standard InChI is InChI=1S/C13H17NO2S/c14-9-13(6-2-7-13)11-4-1-3-10-5-8-17(15,16)12(10)11/h1,3-4H,2,5-9,14H2. The van der Waals surface area contributed by atoms with Crippen LogP contribution < -0.4 is 5.73 Å². The lowest BCUT2D eigenvalue weighted by Crippen LogP contribution is -2.42. The Morgan fingerprint density at radius 3 is 2.65 bits per heavy atom. The average molecular weight is 251 g/mol. The molecule has 0 bridgehead atoms. The molecule has 1 aromatic rings. The molecular formula is C13H17NO2S. The fourth-order valence-corrected chi connectivity index (χ4v) is 4.98. The summed E-state index contributed by atoms with van der Waals surface area (Å²) in [6.07, 6.45) is 3.86. The van der Waals surface area contributed by atoms with Gasteiger partial charge >= 0.3 is 0 Å². The Bertz CT molecular complexity index is 553. The molecule has 4 heteroatoms. The highest BCUT2D eigenvalue weighted by molar-refractivity contribution is 7.91. The molecule has 1 fully saturated rings. The minimum Gasteiger partial charge on any atom is -0.330 e. The number of hydrogen-bond acceptors (Lipinski definition) is 3. The van der Waals surface area contributed by atoms with Crippen molar-refractivity contribution in [3.63, 3.8) is 0 Å². The summed E-state index contributed by atoms with van der Waals surface area (Å²) in [6, 6.07) is 5.88.